The lowest BCUT2D eigenvalue weighted by molar-refractivity contribution is -0.161. The van der Waals surface area contributed by atoms with E-state index in [1.807, 2.05) is 0 Å². The number of esters is 2. The third-order valence-electron chi connectivity index (χ3n) is 5.77. The van der Waals surface area contributed by atoms with Crippen LogP contribution in [0.3, 0.4) is 0 Å². The van der Waals surface area contributed by atoms with Gasteiger partial charge in [-0.3, -0.25) is 9.59 Å². The Morgan fingerprint density at radius 3 is 2.13 bits per heavy atom. The van der Waals surface area contributed by atoms with Crippen molar-refractivity contribution in [3.05, 3.63) is 34.9 Å². The number of hydrogen-bond donors (Lipinski definition) is 0. The van der Waals surface area contributed by atoms with Crippen LogP contribution in [0.2, 0.25) is 0 Å². The predicted molar refractivity (Wildman–Crippen MR) is 128 cm³/mol. The van der Waals surface area contributed by atoms with Crippen molar-refractivity contribution < 1.29 is 19.1 Å². The Bertz CT molecular complexity index is 638. The summed E-state index contributed by atoms with van der Waals surface area (Å²) in [5.41, 5.74) is 4.02. The molecule has 2 unspecified atom stereocenters. The van der Waals surface area contributed by atoms with Crippen LogP contribution in [0, 0.1) is 11.8 Å². The number of carbonyl (C=O) groups excluding carboxylic acids is 2. The van der Waals surface area contributed by atoms with Gasteiger partial charge in [0.05, 0.1) is 25.0 Å². The second kappa shape index (κ2) is 15.9. The van der Waals surface area contributed by atoms with Crippen molar-refractivity contribution in [3.63, 3.8) is 0 Å². The molecule has 0 radical (unpaired) electrons. The molecule has 0 aromatic carbocycles. The molecule has 0 aromatic rings. The summed E-state index contributed by atoms with van der Waals surface area (Å²) < 4.78 is 10.9. The molecule has 0 heterocycles. The average Bonchev–Trinajstić information content (AvgIpc) is 2.73. The minimum atomic E-state index is -0.422. The zero-order valence-corrected chi connectivity index (χ0v) is 20.5. The van der Waals surface area contributed by atoms with Crippen LogP contribution < -0.4 is 0 Å². The Morgan fingerprint density at radius 1 is 0.935 bits per heavy atom. The van der Waals surface area contributed by atoms with Gasteiger partial charge in [0.1, 0.15) is 0 Å². The Kier molecular flexibility index (Phi) is 13.9. The Balaban J connectivity index is 2.69. The number of hydrogen-bond acceptors (Lipinski definition) is 4. The summed E-state index contributed by atoms with van der Waals surface area (Å²) in [6.45, 7) is 11.4. The van der Waals surface area contributed by atoms with Crippen molar-refractivity contribution in [1.82, 2.24) is 0 Å². The van der Waals surface area contributed by atoms with E-state index < -0.39 is 11.8 Å². The highest BCUT2D eigenvalue weighted by molar-refractivity contribution is 5.83. The van der Waals surface area contributed by atoms with Gasteiger partial charge in [0.25, 0.3) is 0 Å². The van der Waals surface area contributed by atoms with Crippen LogP contribution >= 0.6 is 0 Å². The summed E-state index contributed by atoms with van der Waals surface area (Å²) in [6.07, 6.45) is 15.6. The summed E-state index contributed by atoms with van der Waals surface area (Å²) in [7, 11) is 0. The van der Waals surface area contributed by atoms with E-state index >= 15 is 0 Å². The van der Waals surface area contributed by atoms with Crippen molar-refractivity contribution in [2.45, 2.75) is 98.8 Å². The summed E-state index contributed by atoms with van der Waals surface area (Å²) in [6, 6.07) is 0. The van der Waals surface area contributed by atoms with Gasteiger partial charge in [0, 0.05) is 0 Å². The molecule has 0 spiro atoms. The maximum atomic E-state index is 12.7. The zero-order chi connectivity index (χ0) is 23.1. The van der Waals surface area contributed by atoms with Gasteiger partial charge < -0.3 is 9.47 Å². The van der Waals surface area contributed by atoms with E-state index in [0.29, 0.717) is 26.1 Å². The molecule has 0 aromatic heterocycles. The van der Waals surface area contributed by atoms with Crippen LogP contribution in [-0.4, -0.2) is 25.2 Å². The molecule has 0 bridgehead atoms. The Hall–Kier alpha value is -1.84. The van der Waals surface area contributed by atoms with Crippen molar-refractivity contribution in [3.8, 4) is 0 Å². The summed E-state index contributed by atoms with van der Waals surface area (Å²) in [4.78, 5) is 25.3. The van der Waals surface area contributed by atoms with Crippen LogP contribution in [-0.2, 0) is 19.1 Å². The fraction of sp³-hybridized carbons (Fsp3) is 0.704. The smallest absolute Gasteiger partial charge is 0.310 e. The zero-order valence-electron chi connectivity index (χ0n) is 20.5. The van der Waals surface area contributed by atoms with Crippen LogP contribution in [0.25, 0.3) is 0 Å². The first kappa shape index (κ1) is 27.2. The highest BCUT2D eigenvalue weighted by Crippen LogP contribution is 2.34. The maximum Gasteiger partial charge on any atom is 0.310 e. The first-order chi connectivity index (χ1) is 14.9. The van der Waals surface area contributed by atoms with Gasteiger partial charge in [-0.15, -0.1) is 0 Å². The van der Waals surface area contributed by atoms with Crippen LogP contribution in [0.4, 0.5) is 0 Å². The van der Waals surface area contributed by atoms with E-state index in [0.717, 1.165) is 51.4 Å². The SMILES string of the molecule is CCCCOC(=O)C1CC=C(CC/C=C(/C)CCC=C(C)C)CC1C(=O)OCCCC. The minimum Gasteiger partial charge on any atom is -0.465 e. The fourth-order valence-corrected chi connectivity index (χ4v) is 3.72. The van der Waals surface area contributed by atoms with E-state index in [9.17, 15) is 9.59 Å². The van der Waals surface area contributed by atoms with Gasteiger partial charge >= 0.3 is 11.9 Å². The Morgan fingerprint density at radius 2 is 1.55 bits per heavy atom. The normalized spacial score (nSPS) is 18.9. The van der Waals surface area contributed by atoms with E-state index in [-0.39, 0.29) is 11.9 Å². The van der Waals surface area contributed by atoms with Crippen LogP contribution in [0.5, 0.6) is 0 Å². The van der Waals surface area contributed by atoms with Gasteiger partial charge in [-0.1, -0.05) is 61.6 Å². The fourth-order valence-electron chi connectivity index (χ4n) is 3.72. The number of allylic oxidation sites excluding steroid dienone is 6. The summed E-state index contributed by atoms with van der Waals surface area (Å²) in [5.74, 6) is -1.34. The van der Waals surface area contributed by atoms with Gasteiger partial charge in [0.2, 0.25) is 0 Å². The second-order valence-electron chi connectivity index (χ2n) is 8.97. The summed E-state index contributed by atoms with van der Waals surface area (Å²) in [5, 5.41) is 0. The largest absolute Gasteiger partial charge is 0.465 e. The second-order valence-corrected chi connectivity index (χ2v) is 8.97. The first-order valence-electron chi connectivity index (χ1n) is 12.2. The average molecular weight is 433 g/mol. The third kappa shape index (κ3) is 11.4. The Labute approximate surface area is 190 Å². The molecular weight excluding hydrogens is 388 g/mol. The third-order valence-corrected chi connectivity index (χ3v) is 5.77. The highest BCUT2D eigenvalue weighted by atomic mass is 16.5. The molecule has 0 saturated carbocycles. The van der Waals surface area contributed by atoms with Crippen LogP contribution in [0.15, 0.2) is 34.9 Å². The topological polar surface area (TPSA) is 52.6 Å². The number of ether oxygens (including phenoxy) is 2. The van der Waals surface area contributed by atoms with Crippen molar-refractivity contribution >= 4 is 11.9 Å². The van der Waals surface area contributed by atoms with Gasteiger partial charge in [0.15, 0.2) is 0 Å². The lowest BCUT2D eigenvalue weighted by atomic mass is 9.78. The standard InChI is InChI=1S/C27H44O4/c1-6-8-18-30-26(28)24-17-16-23(20-25(24)27(29)31-19-9-7-2)15-11-14-22(5)13-10-12-21(3)4/h12,14,16,24-25H,6-11,13,15,17-20H2,1-5H3/b22-14-. The van der Waals surface area contributed by atoms with Crippen LogP contribution in [0.1, 0.15) is 98.8 Å². The molecule has 2 atom stereocenters. The van der Waals surface area contributed by atoms with E-state index in [1.54, 1.807) is 0 Å². The molecule has 0 saturated heterocycles. The lowest BCUT2D eigenvalue weighted by Crippen LogP contribution is -2.35. The predicted octanol–water partition coefficient (Wildman–Crippen LogP) is 7.10. The monoisotopic (exact) mass is 432 g/mol. The number of unbranched alkanes of at least 4 members (excludes halogenated alkanes) is 2. The molecule has 1 aliphatic rings. The van der Waals surface area contributed by atoms with Gasteiger partial charge in [-0.05, 0) is 72.1 Å². The molecule has 0 aliphatic heterocycles. The van der Waals surface area contributed by atoms with Gasteiger partial charge in [-0.2, -0.15) is 0 Å². The van der Waals surface area contributed by atoms with Crippen molar-refractivity contribution in [2.24, 2.45) is 11.8 Å². The first-order valence-corrected chi connectivity index (χ1v) is 12.2. The minimum absolute atomic E-state index is 0.245. The number of rotatable bonds is 14. The molecule has 1 aliphatic carbocycles. The van der Waals surface area contributed by atoms with E-state index in [1.165, 1.54) is 16.7 Å². The molecule has 31 heavy (non-hydrogen) atoms. The maximum absolute atomic E-state index is 12.7. The van der Waals surface area contributed by atoms with Crippen molar-refractivity contribution in [1.29, 1.82) is 0 Å². The molecule has 4 heteroatoms. The van der Waals surface area contributed by atoms with Crippen molar-refractivity contribution in [2.75, 3.05) is 13.2 Å². The van der Waals surface area contributed by atoms with Gasteiger partial charge in [-0.25, -0.2) is 0 Å². The van der Waals surface area contributed by atoms with E-state index in [4.69, 9.17) is 9.47 Å². The quantitative estimate of drug-likeness (QED) is 0.167. The molecule has 0 fully saturated rings. The lowest BCUT2D eigenvalue weighted by Gasteiger charge is -2.28. The molecule has 176 valence electrons. The molecule has 0 N–H and O–H groups in total. The van der Waals surface area contributed by atoms with E-state index in [2.05, 4.69) is 52.8 Å². The summed E-state index contributed by atoms with van der Waals surface area (Å²) >= 11 is 0. The molecule has 0 amide bonds. The molecular formula is C27H44O4. The molecule has 1 rings (SSSR count). The molecule has 4 nitrogen and oxygen atoms in total. The highest BCUT2D eigenvalue weighted by Gasteiger charge is 2.38. The number of carbonyl (C=O) groups is 2.